The zero-order chi connectivity index (χ0) is 22.9. The van der Waals surface area contributed by atoms with Crippen molar-refractivity contribution in [2.45, 2.75) is 97.4 Å². The van der Waals surface area contributed by atoms with Crippen LogP contribution in [-0.2, 0) is 6.54 Å². The molecular weight excluding hydrogens is 414 g/mol. The van der Waals surface area contributed by atoms with Gasteiger partial charge in [0.25, 0.3) is 0 Å². The molecule has 1 N–H and O–H groups in total. The molecule has 180 valence electrons. The van der Waals surface area contributed by atoms with Crippen molar-refractivity contribution in [2.24, 2.45) is 0 Å². The molecule has 2 rings (SSSR count). The van der Waals surface area contributed by atoms with Gasteiger partial charge in [-0.3, -0.25) is 4.79 Å². The normalized spacial score (nSPS) is 10.5. The lowest BCUT2D eigenvalue weighted by Crippen LogP contribution is -2.05. The summed E-state index contributed by atoms with van der Waals surface area (Å²) < 4.78 is 0. The molecule has 0 atom stereocenters. The van der Waals surface area contributed by atoms with Crippen molar-refractivity contribution >= 4 is 18.7 Å². The number of carbonyl (C=O) groups is 1. The van der Waals surface area contributed by atoms with Gasteiger partial charge in [0.2, 0.25) is 0 Å². The van der Waals surface area contributed by atoms with Crippen LogP contribution in [0.15, 0.2) is 48.5 Å². The molecule has 0 amide bonds. The number of carbonyl (C=O) groups excluding carboxylic acids is 1. The zero-order valence-electron chi connectivity index (χ0n) is 21.0. The first kappa shape index (κ1) is 30.4. The topological polar surface area (TPSA) is 29.1 Å². The van der Waals surface area contributed by atoms with Crippen molar-refractivity contribution in [1.29, 1.82) is 0 Å². The lowest BCUT2D eigenvalue weighted by molar-refractivity contribution is 0.112. The monoisotopic (exact) mass is 459 g/mol. The molecule has 2 aromatic carbocycles. The number of benzene rings is 2. The van der Waals surface area contributed by atoms with E-state index >= 15 is 0 Å². The van der Waals surface area contributed by atoms with E-state index in [1.807, 2.05) is 19.2 Å². The Morgan fingerprint density at radius 1 is 0.688 bits per heavy atom. The summed E-state index contributed by atoms with van der Waals surface area (Å²) in [4.78, 5) is 10.5. The zero-order valence-corrected chi connectivity index (χ0v) is 21.8. The smallest absolute Gasteiger partial charge is 0.150 e. The molecule has 0 unspecified atom stereocenters. The van der Waals surface area contributed by atoms with Gasteiger partial charge in [0.15, 0.2) is 0 Å². The minimum atomic E-state index is 0. The van der Waals surface area contributed by atoms with Gasteiger partial charge < -0.3 is 5.32 Å². The second kappa shape index (κ2) is 18.9. The summed E-state index contributed by atoms with van der Waals surface area (Å²) in [6.07, 6.45) is 11.0. The average Bonchev–Trinajstić information content (AvgIpc) is 2.80. The van der Waals surface area contributed by atoms with Crippen LogP contribution in [0.3, 0.4) is 0 Å². The van der Waals surface area contributed by atoms with Gasteiger partial charge in [0.05, 0.1) is 0 Å². The molecule has 0 saturated carbocycles. The van der Waals surface area contributed by atoms with E-state index in [2.05, 4.69) is 69.4 Å². The fourth-order valence-corrected chi connectivity index (χ4v) is 4.31. The van der Waals surface area contributed by atoms with Crippen molar-refractivity contribution in [1.82, 2.24) is 5.32 Å². The highest BCUT2D eigenvalue weighted by molar-refractivity contribution is 5.85. The van der Waals surface area contributed by atoms with Gasteiger partial charge in [-0.1, -0.05) is 102 Å². The van der Waals surface area contributed by atoms with Crippen molar-refractivity contribution in [2.75, 3.05) is 7.05 Å². The number of aldehydes is 1. The van der Waals surface area contributed by atoms with Gasteiger partial charge in [-0.15, -0.1) is 12.4 Å². The van der Waals surface area contributed by atoms with Crippen LogP contribution in [0.25, 0.3) is 0 Å². The molecule has 0 fully saturated rings. The van der Waals surface area contributed by atoms with Crippen LogP contribution >= 0.6 is 12.4 Å². The maximum absolute atomic E-state index is 10.5. The first-order valence-electron chi connectivity index (χ1n) is 12.4. The summed E-state index contributed by atoms with van der Waals surface area (Å²) in [5, 5.41) is 3.18. The highest BCUT2D eigenvalue weighted by Gasteiger charge is 2.10. The standard InChI is InChI=1S/C15H25N.C14H20O.ClH/c1-4-6-14(7-5-2)15-10-8-13(9-11-15)12-16-3;1-3-5-13(6-4-2)14-9-7-12(11-15)8-10-14;/h8-11,14,16H,4-7,12H2,1-3H3;7-11,13H,3-6H2,1-2H3;1H. The van der Waals surface area contributed by atoms with Crippen LogP contribution in [0.5, 0.6) is 0 Å². The van der Waals surface area contributed by atoms with E-state index in [0.717, 1.165) is 24.3 Å². The molecule has 0 radical (unpaired) electrons. The Hall–Kier alpha value is -1.64. The summed E-state index contributed by atoms with van der Waals surface area (Å²) in [7, 11) is 1.99. The Bertz CT molecular complexity index is 684. The molecule has 0 saturated heterocycles. The van der Waals surface area contributed by atoms with Crippen LogP contribution in [0.1, 0.15) is 118 Å². The van der Waals surface area contributed by atoms with Gasteiger partial charge in [-0.25, -0.2) is 0 Å². The number of nitrogens with one attached hydrogen (secondary N) is 1. The van der Waals surface area contributed by atoms with Crippen LogP contribution in [0.4, 0.5) is 0 Å². The number of halogens is 1. The largest absolute Gasteiger partial charge is 0.316 e. The highest BCUT2D eigenvalue weighted by atomic mass is 35.5. The second-order valence-corrected chi connectivity index (χ2v) is 8.60. The molecule has 3 heteroatoms. The Labute approximate surface area is 204 Å². The summed E-state index contributed by atoms with van der Waals surface area (Å²) in [6, 6.07) is 17.2. The van der Waals surface area contributed by atoms with Crippen LogP contribution in [0, 0.1) is 0 Å². The molecule has 32 heavy (non-hydrogen) atoms. The third kappa shape index (κ3) is 11.3. The lowest BCUT2D eigenvalue weighted by atomic mass is 9.90. The summed E-state index contributed by atoms with van der Waals surface area (Å²) in [6.45, 7) is 9.97. The van der Waals surface area contributed by atoms with Crippen LogP contribution in [0.2, 0.25) is 0 Å². The Balaban J connectivity index is 0.000000584. The van der Waals surface area contributed by atoms with Gasteiger partial charge in [0, 0.05) is 12.1 Å². The van der Waals surface area contributed by atoms with E-state index in [1.54, 1.807) is 0 Å². The minimum absolute atomic E-state index is 0. The van der Waals surface area contributed by atoms with Crippen LogP contribution in [-0.4, -0.2) is 13.3 Å². The third-order valence-corrected chi connectivity index (χ3v) is 5.92. The predicted molar refractivity (Wildman–Crippen MR) is 143 cm³/mol. The molecule has 0 spiro atoms. The highest BCUT2D eigenvalue weighted by Crippen LogP contribution is 2.27. The molecule has 0 aliphatic carbocycles. The minimum Gasteiger partial charge on any atom is -0.316 e. The van der Waals surface area contributed by atoms with E-state index in [1.165, 1.54) is 68.1 Å². The van der Waals surface area contributed by atoms with E-state index in [9.17, 15) is 4.79 Å². The number of rotatable bonds is 13. The summed E-state index contributed by atoms with van der Waals surface area (Å²) >= 11 is 0. The molecule has 0 heterocycles. The van der Waals surface area contributed by atoms with Gasteiger partial charge in [-0.05, 0) is 61.3 Å². The number of hydrogen-bond acceptors (Lipinski definition) is 2. The van der Waals surface area contributed by atoms with Crippen molar-refractivity contribution in [3.63, 3.8) is 0 Å². The lowest BCUT2D eigenvalue weighted by Gasteiger charge is -2.16. The van der Waals surface area contributed by atoms with Gasteiger partial charge in [-0.2, -0.15) is 0 Å². The van der Waals surface area contributed by atoms with E-state index in [4.69, 9.17) is 0 Å². The fraction of sp³-hybridized carbons (Fsp3) is 0.552. The Kier molecular flexibility index (Phi) is 17.9. The van der Waals surface area contributed by atoms with Crippen molar-refractivity contribution < 1.29 is 4.79 Å². The average molecular weight is 460 g/mol. The summed E-state index contributed by atoms with van der Waals surface area (Å²) in [5.41, 5.74) is 5.04. The maximum atomic E-state index is 10.5. The SMILES string of the molecule is CCCC(CCC)c1ccc(C=O)cc1.CCCC(CCC)c1ccc(CNC)cc1.Cl. The number of hydrogen-bond donors (Lipinski definition) is 1. The molecule has 2 nitrogen and oxygen atoms in total. The molecule has 0 aliphatic rings. The Morgan fingerprint density at radius 3 is 1.38 bits per heavy atom. The summed E-state index contributed by atoms with van der Waals surface area (Å²) in [5.74, 6) is 1.43. The molecule has 2 aromatic rings. The first-order chi connectivity index (χ1) is 15.1. The van der Waals surface area contributed by atoms with Crippen LogP contribution < -0.4 is 5.32 Å². The predicted octanol–water partition coefficient (Wildman–Crippen LogP) is 8.69. The quantitative estimate of drug-likeness (QED) is 0.303. The van der Waals surface area contributed by atoms with Crippen molar-refractivity contribution in [3.8, 4) is 0 Å². The Morgan fingerprint density at radius 2 is 1.06 bits per heavy atom. The van der Waals surface area contributed by atoms with E-state index < -0.39 is 0 Å². The first-order valence-corrected chi connectivity index (χ1v) is 12.4. The van der Waals surface area contributed by atoms with Crippen molar-refractivity contribution in [3.05, 3.63) is 70.8 Å². The van der Waals surface area contributed by atoms with Gasteiger partial charge in [0.1, 0.15) is 6.29 Å². The third-order valence-electron chi connectivity index (χ3n) is 5.92. The van der Waals surface area contributed by atoms with Gasteiger partial charge >= 0.3 is 0 Å². The van der Waals surface area contributed by atoms with E-state index in [-0.39, 0.29) is 12.4 Å². The molecular formula is C29H46ClNO. The molecule has 0 aromatic heterocycles. The second-order valence-electron chi connectivity index (χ2n) is 8.60. The molecule has 0 bridgehead atoms. The maximum Gasteiger partial charge on any atom is 0.150 e. The fourth-order valence-electron chi connectivity index (χ4n) is 4.31. The molecule has 0 aliphatic heterocycles. The van der Waals surface area contributed by atoms with E-state index in [0.29, 0.717) is 5.92 Å².